The molecule has 1 aliphatic heterocycles. The van der Waals surface area contributed by atoms with Gasteiger partial charge in [0.2, 0.25) is 16.8 Å². The summed E-state index contributed by atoms with van der Waals surface area (Å²) < 4.78 is 42.5. The molecule has 7 heteroatoms. The Hall–Kier alpha value is -2.25. The third kappa shape index (κ3) is 4.62. The first kappa shape index (κ1) is 16.6. The van der Waals surface area contributed by atoms with Gasteiger partial charge in [-0.3, -0.25) is 0 Å². The summed E-state index contributed by atoms with van der Waals surface area (Å²) in [5.74, 6) is 1.99. The van der Waals surface area contributed by atoms with E-state index < -0.39 is 10.0 Å². The number of nitrogens with one attached hydrogen (secondary N) is 1. The molecule has 2 aromatic rings. The predicted octanol–water partition coefficient (Wildman–Crippen LogP) is 1.96. The van der Waals surface area contributed by atoms with Gasteiger partial charge in [0.05, 0.1) is 5.75 Å². The van der Waals surface area contributed by atoms with Crippen LogP contribution >= 0.6 is 0 Å². The first-order chi connectivity index (χ1) is 11.6. The van der Waals surface area contributed by atoms with Crippen LogP contribution in [0.1, 0.15) is 5.56 Å². The van der Waals surface area contributed by atoms with Gasteiger partial charge in [-0.2, -0.15) is 0 Å². The molecule has 24 heavy (non-hydrogen) atoms. The van der Waals surface area contributed by atoms with Crippen molar-refractivity contribution in [2.45, 2.75) is 6.42 Å². The fraction of sp³-hybridized carbons (Fsp3) is 0.294. The second kappa shape index (κ2) is 7.55. The Labute approximate surface area is 141 Å². The monoisotopic (exact) mass is 349 g/mol. The average Bonchev–Trinajstić information content (AvgIpc) is 3.06. The number of sulfonamides is 1. The molecule has 0 saturated heterocycles. The Balaban J connectivity index is 1.40. The smallest absolute Gasteiger partial charge is 0.231 e. The summed E-state index contributed by atoms with van der Waals surface area (Å²) in [5, 5.41) is 0. The number of aryl methyl sites for hydroxylation is 1. The molecule has 128 valence electrons. The van der Waals surface area contributed by atoms with Crippen molar-refractivity contribution in [3.63, 3.8) is 0 Å². The highest BCUT2D eigenvalue weighted by Gasteiger charge is 2.14. The van der Waals surface area contributed by atoms with Crippen molar-refractivity contribution in [1.82, 2.24) is 4.72 Å². The Morgan fingerprint density at radius 2 is 1.83 bits per heavy atom. The fourth-order valence-corrected chi connectivity index (χ4v) is 3.34. The summed E-state index contributed by atoms with van der Waals surface area (Å²) >= 11 is 0. The summed E-state index contributed by atoms with van der Waals surface area (Å²) in [6, 6.07) is 14.8. The first-order valence-corrected chi connectivity index (χ1v) is 9.31. The van der Waals surface area contributed by atoms with Crippen LogP contribution in [-0.2, 0) is 16.4 Å². The summed E-state index contributed by atoms with van der Waals surface area (Å²) in [5.41, 5.74) is 1.000. The zero-order valence-corrected chi connectivity index (χ0v) is 13.9. The van der Waals surface area contributed by atoms with Gasteiger partial charge in [0.25, 0.3) is 0 Å². The second-order valence-corrected chi connectivity index (χ2v) is 7.24. The number of ether oxygens (including phenoxy) is 3. The van der Waals surface area contributed by atoms with Gasteiger partial charge in [0, 0.05) is 12.6 Å². The largest absolute Gasteiger partial charge is 0.492 e. The molecule has 1 N–H and O–H groups in total. The highest BCUT2D eigenvalue weighted by molar-refractivity contribution is 7.89. The van der Waals surface area contributed by atoms with E-state index in [1.54, 1.807) is 18.2 Å². The molecule has 0 spiro atoms. The van der Waals surface area contributed by atoms with E-state index in [9.17, 15) is 8.42 Å². The van der Waals surface area contributed by atoms with Crippen molar-refractivity contribution in [1.29, 1.82) is 0 Å². The van der Waals surface area contributed by atoms with Gasteiger partial charge >= 0.3 is 0 Å². The third-order valence-corrected chi connectivity index (χ3v) is 4.92. The lowest BCUT2D eigenvalue weighted by Crippen LogP contribution is -2.31. The van der Waals surface area contributed by atoms with Crippen molar-refractivity contribution >= 4 is 10.0 Å². The van der Waals surface area contributed by atoms with Crippen molar-refractivity contribution in [2.24, 2.45) is 0 Å². The van der Waals surface area contributed by atoms with Crippen molar-refractivity contribution < 1.29 is 22.6 Å². The van der Waals surface area contributed by atoms with Crippen molar-refractivity contribution in [2.75, 3.05) is 25.7 Å². The molecule has 1 aliphatic rings. The van der Waals surface area contributed by atoms with Gasteiger partial charge in [-0.1, -0.05) is 30.3 Å². The maximum atomic E-state index is 12.0. The maximum absolute atomic E-state index is 12.0. The minimum Gasteiger partial charge on any atom is -0.492 e. The Morgan fingerprint density at radius 1 is 1.04 bits per heavy atom. The highest BCUT2D eigenvalue weighted by Crippen LogP contribution is 2.34. The molecule has 0 aromatic heterocycles. The molecule has 1 heterocycles. The van der Waals surface area contributed by atoms with Gasteiger partial charge in [0.1, 0.15) is 12.4 Å². The van der Waals surface area contributed by atoms with Crippen LogP contribution in [0.3, 0.4) is 0 Å². The Morgan fingerprint density at radius 3 is 2.67 bits per heavy atom. The number of hydrogen-bond acceptors (Lipinski definition) is 5. The molecular weight excluding hydrogens is 330 g/mol. The summed E-state index contributed by atoms with van der Waals surface area (Å²) in [6.07, 6.45) is 0.485. The van der Waals surface area contributed by atoms with Gasteiger partial charge in [0.15, 0.2) is 11.5 Å². The van der Waals surface area contributed by atoms with E-state index in [1.807, 2.05) is 30.3 Å². The number of fused-ring (bicyclic) bond motifs is 1. The molecule has 0 aliphatic carbocycles. The Bertz CT molecular complexity index is 777. The Kier molecular flexibility index (Phi) is 5.22. The van der Waals surface area contributed by atoms with E-state index in [4.69, 9.17) is 14.2 Å². The SMILES string of the molecule is O=S(=O)(CCc1ccccc1)NCCOc1ccc2c(c1)OCO2. The van der Waals surface area contributed by atoms with Crippen molar-refractivity contribution in [3.8, 4) is 17.2 Å². The predicted molar refractivity (Wildman–Crippen MR) is 90.0 cm³/mol. The van der Waals surface area contributed by atoms with Crippen LogP contribution in [0.25, 0.3) is 0 Å². The molecule has 0 fully saturated rings. The maximum Gasteiger partial charge on any atom is 0.231 e. The minimum atomic E-state index is -3.32. The topological polar surface area (TPSA) is 73.9 Å². The normalized spacial score (nSPS) is 13.0. The van der Waals surface area contributed by atoms with Gasteiger partial charge in [-0.15, -0.1) is 0 Å². The molecule has 0 bridgehead atoms. The first-order valence-electron chi connectivity index (χ1n) is 7.66. The van der Waals surface area contributed by atoms with E-state index in [0.29, 0.717) is 23.7 Å². The van der Waals surface area contributed by atoms with Crippen LogP contribution in [0.2, 0.25) is 0 Å². The van der Waals surface area contributed by atoms with Crippen LogP contribution < -0.4 is 18.9 Å². The molecule has 0 radical (unpaired) electrons. The van der Waals surface area contributed by atoms with E-state index in [-0.39, 0.29) is 25.7 Å². The van der Waals surface area contributed by atoms with Crippen molar-refractivity contribution in [3.05, 3.63) is 54.1 Å². The second-order valence-electron chi connectivity index (χ2n) is 5.31. The van der Waals surface area contributed by atoms with Gasteiger partial charge in [-0.25, -0.2) is 13.1 Å². The van der Waals surface area contributed by atoms with Crippen LogP contribution in [0, 0.1) is 0 Å². The highest BCUT2D eigenvalue weighted by atomic mass is 32.2. The molecule has 0 atom stereocenters. The molecule has 0 amide bonds. The molecule has 0 unspecified atom stereocenters. The molecule has 3 rings (SSSR count). The van der Waals surface area contributed by atoms with E-state index >= 15 is 0 Å². The quantitative estimate of drug-likeness (QED) is 0.738. The number of benzene rings is 2. The summed E-state index contributed by atoms with van der Waals surface area (Å²) in [7, 11) is -3.32. The lowest BCUT2D eigenvalue weighted by Gasteiger charge is -2.09. The molecule has 0 saturated carbocycles. The van der Waals surface area contributed by atoms with E-state index in [2.05, 4.69) is 4.72 Å². The summed E-state index contributed by atoms with van der Waals surface area (Å²) in [4.78, 5) is 0. The minimum absolute atomic E-state index is 0.0566. The van der Waals surface area contributed by atoms with Crippen LogP contribution in [0.4, 0.5) is 0 Å². The average molecular weight is 349 g/mol. The third-order valence-electron chi connectivity index (χ3n) is 3.54. The summed E-state index contributed by atoms with van der Waals surface area (Å²) in [6.45, 7) is 0.662. The zero-order valence-electron chi connectivity index (χ0n) is 13.1. The van der Waals surface area contributed by atoms with Crippen LogP contribution in [0.5, 0.6) is 17.2 Å². The zero-order chi connectivity index (χ0) is 16.8. The van der Waals surface area contributed by atoms with Crippen LogP contribution in [-0.4, -0.2) is 34.1 Å². The standard InChI is InChI=1S/C17H19NO5S/c19-24(20,11-8-14-4-2-1-3-5-14)18-9-10-21-15-6-7-16-17(12-15)23-13-22-16/h1-7,12,18H,8-11,13H2. The molecule has 2 aromatic carbocycles. The lowest BCUT2D eigenvalue weighted by atomic mass is 10.2. The van der Waals surface area contributed by atoms with Crippen LogP contribution in [0.15, 0.2) is 48.5 Å². The molecular formula is C17H19NO5S. The lowest BCUT2D eigenvalue weighted by molar-refractivity contribution is 0.173. The van der Waals surface area contributed by atoms with E-state index in [0.717, 1.165) is 5.56 Å². The number of rotatable bonds is 8. The molecule has 6 nitrogen and oxygen atoms in total. The van der Waals surface area contributed by atoms with E-state index in [1.165, 1.54) is 0 Å². The fourth-order valence-electron chi connectivity index (χ4n) is 2.30. The number of hydrogen-bond donors (Lipinski definition) is 1. The van der Waals surface area contributed by atoms with Gasteiger partial charge in [-0.05, 0) is 24.1 Å². The van der Waals surface area contributed by atoms with Gasteiger partial charge < -0.3 is 14.2 Å².